The van der Waals surface area contributed by atoms with Gasteiger partial charge < -0.3 is 4.57 Å². The number of fused-ring (bicyclic) bond motifs is 1. The van der Waals surface area contributed by atoms with Gasteiger partial charge in [0.2, 0.25) is 0 Å². The molecule has 1 amide bonds. The van der Waals surface area contributed by atoms with Crippen LogP contribution >= 0.6 is 11.3 Å². The molecule has 0 bridgehead atoms. The van der Waals surface area contributed by atoms with Crippen molar-refractivity contribution in [2.24, 2.45) is 12.0 Å². The fraction of sp³-hybridized carbons (Fsp3) is 0.0588. The van der Waals surface area contributed by atoms with Gasteiger partial charge in [0.25, 0.3) is 11.6 Å². The van der Waals surface area contributed by atoms with E-state index in [0.29, 0.717) is 20.6 Å². The van der Waals surface area contributed by atoms with Crippen molar-refractivity contribution in [3.63, 3.8) is 0 Å². The zero-order valence-corrected chi connectivity index (χ0v) is 13.9. The summed E-state index contributed by atoms with van der Waals surface area (Å²) in [6.07, 6.45) is 2.78. The Hall–Kier alpha value is -3.13. The normalized spacial score (nSPS) is 12.2. The number of para-hydroxylation sites is 1. The highest BCUT2D eigenvalue weighted by Crippen LogP contribution is 2.19. The lowest BCUT2D eigenvalue weighted by Crippen LogP contribution is -2.12. The van der Waals surface area contributed by atoms with Crippen LogP contribution in [0.3, 0.4) is 0 Å². The number of carbonyl (C=O) groups is 1. The lowest BCUT2D eigenvalue weighted by atomic mass is 10.2. The van der Waals surface area contributed by atoms with Gasteiger partial charge in [-0.1, -0.05) is 17.4 Å². The van der Waals surface area contributed by atoms with E-state index in [4.69, 9.17) is 0 Å². The number of nitrogens with zero attached hydrogens (tertiary/aromatic N) is 3. The van der Waals surface area contributed by atoms with Crippen LogP contribution in [-0.4, -0.2) is 15.4 Å². The van der Waals surface area contributed by atoms with E-state index in [9.17, 15) is 19.3 Å². The topological polar surface area (TPSA) is 77.5 Å². The van der Waals surface area contributed by atoms with Gasteiger partial charge >= 0.3 is 0 Å². The van der Waals surface area contributed by atoms with Crippen LogP contribution in [0.2, 0.25) is 0 Å². The highest BCUT2D eigenvalue weighted by atomic mass is 32.1. The molecule has 0 saturated carbocycles. The van der Waals surface area contributed by atoms with Crippen LogP contribution in [0.25, 0.3) is 16.3 Å². The van der Waals surface area contributed by atoms with Crippen LogP contribution in [0.5, 0.6) is 0 Å². The maximum atomic E-state index is 13.9. The maximum absolute atomic E-state index is 13.9. The number of hydrogen-bond donors (Lipinski definition) is 0. The molecule has 0 N–H and O–H groups in total. The molecule has 3 aromatic rings. The molecule has 8 heteroatoms. The first-order valence-corrected chi connectivity index (χ1v) is 8.02. The molecule has 1 aromatic heterocycles. The Labute approximate surface area is 145 Å². The van der Waals surface area contributed by atoms with E-state index in [1.807, 2.05) is 0 Å². The first-order valence-electron chi connectivity index (χ1n) is 7.21. The van der Waals surface area contributed by atoms with Crippen molar-refractivity contribution in [3.05, 3.63) is 74.8 Å². The molecule has 126 valence electrons. The number of amides is 1. The maximum Gasteiger partial charge on any atom is 0.272 e. The first-order chi connectivity index (χ1) is 12.0. The van der Waals surface area contributed by atoms with Crippen molar-refractivity contribution in [1.29, 1.82) is 0 Å². The Morgan fingerprint density at radius 2 is 2.00 bits per heavy atom. The molecule has 0 spiro atoms. The lowest BCUT2D eigenvalue weighted by molar-refractivity contribution is -0.384. The molecule has 0 unspecified atom stereocenters. The third-order valence-electron chi connectivity index (χ3n) is 3.50. The smallest absolute Gasteiger partial charge is 0.272 e. The Kier molecular flexibility index (Phi) is 4.53. The number of aryl methyl sites for hydroxylation is 1. The number of thiazole rings is 1. The third-order valence-corrected chi connectivity index (χ3v) is 4.60. The fourth-order valence-corrected chi connectivity index (χ4v) is 3.31. The quantitative estimate of drug-likeness (QED) is 0.409. The minimum atomic E-state index is -0.499. The highest BCUT2D eigenvalue weighted by molar-refractivity contribution is 7.16. The largest absolute Gasteiger partial charge is 0.317 e. The van der Waals surface area contributed by atoms with Crippen LogP contribution < -0.4 is 4.80 Å². The van der Waals surface area contributed by atoms with Crippen LogP contribution in [-0.2, 0) is 11.8 Å². The van der Waals surface area contributed by atoms with Crippen LogP contribution in [0, 0.1) is 15.9 Å². The Bertz CT molecular complexity index is 1060. The van der Waals surface area contributed by atoms with Crippen molar-refractivity contribution in [1.82, 2.24) is 4.57 Å². The van der Waals surface area contributed by atoms with Crippen molar-refractivity contribution in [2.75, 3.05) is 0 Å². The first kappa shape index (κ1) is 16.7. The predicted molar refractivity (Wildman–Crippen MR) is 93.5 cm³/mol. The van der Waals surface area contributed by atoms with Crippen LogP contribution in [0.1, 0.15) is 5.56 Å². The third kappa shape index (κ3) is 3.53. The summed E-state index contributed by atoms with van der Waals surface area (Å²) in [6, 6.07) is 10.5. The second-order valence-corrected chi connectivity index (χ2v) is 6.17. The second kappa shape index (κ2) is 6.78. The van der Waals surface area contributed by atoms with Gasteiger partial charge in [-0.25, -0.2) is 4.39 Å². The van der Waals surface area contributed by atoms with E-state index in [2.05, 4.69) is 4.99 Å². The van der Waals surface area contributed by atoms with Crippen molar-refractivity contribution in [3.8, 4) is 0 Å². The van der Waals surface area contributed by atoms with E-state index in [1.54, 1.807) is 19.2 Å². The molecule has 0 aliphatic carbocycles. The van der Waals surface area contributed by atoms with Crippen molar-refractivity contribution in [2.45, 2.75) is 0 Å². The SMILES string of the molecule is Cn1c(=NC(=O)C=Cc2ccc([N+](=O)[O-])cc2)sc2cccc(F)c21. The van der Waals surface area contributed by atoms with E-state index >= 15 is 0 Å². The van der Waals surface area contributed by atoms with Gasteiger partial charge in [-0.05, 0) is 35.9 Å². The van der Waals surface area contributed by atoms with Gasteiger partial charge in [0.15, 0.2) is 4.80 Å². The molecule has 3 rings (SSSR count). The highest BCUT2D eigenvalue weighted by Gasteiger charge is 2.08. The lowest BCUT2D eigenvalue weighted by Gasteiger charge is -1.96. The summed E-state index contributed by atoms with van der Waals surface area (Å²) in [4.78, 5) is 26.5. The number of benzene rings is 2. The van der Waals surface area contributed by atoms with Gasteiger partial charge in [0, 0.05) is 25.3 Å². The summed E-state index contributed by atoms with van der Waals surface area (Å²) < 4.78 is 16.1. The average Bonchev–Trinajstić information content (AvgIpc) is 2.90. The zero-order chi connectivity index (χ0) is 18.0. The van der Waals surface area contributed by atoms with E-state index < -0.39 is 10.8 Å². The predicted octanol–water partition coefficient (Wildman–Crippen LogP) is 3.43. The summed E-state index contributed by atoms with van der Waals surface area (Å²) in [5, 5.41) is 10.6. The second-order valence-electron chi connectivity index (χ2n) is 5.16. The zero-order valence-electron chi connectivity index (χ0n) is 13.0. The number of carbonyl (C=O) groups excluding carboxylic acids is 1. The Balaban J connectivity index is 1.87. The van der Waals surface area contributed by atoms with E-state index in [0.717, 1.165) is 0 Å². The van der Waals surface area contributed by atoms with Gasteiger partial charge in [-0.15, -0.1) is 0 Å². The molecule has 0 aliphatic heterocycles. The summed E-state index contributed by atoms with van der Waals surface area (Å²) >= 11 is 1.22. The summed E-state index contributed by atoms with van der Waals surface area (Å²) in [7, 11) is 1.65. The Morgan fingerprint density at radius 1 is 1.28 bits per heavy atom. The summed E-state index contributed by atoms with van der Waals surface area (Å²) in [6.45, 7) is 0. The summed E-state index contributed by atoms with van der Waals surface area (Å²) in [5.41, 5.74) is 1.02. The Morgan fingerprint density at radius 3 is 2.64 bits per heavy atom. The minimum absolute atomic E-state index is 0.0208. The number of hydrogen-bond acceptors (Lipinski definition) is 4. The molecule has 25 heavy (non-hydrogen) atoms. The van der Waals surface area contributed by atoms with Crippen molar-refractivity contribution >= 4 is 39.2 Å². The van der Waals surface area contributed by atoms with Crippen LogP contribution in [0.4, 0.5) is 10.1 Å². The molecule has 0 aliphatic rings. The van der Waals surface area contributed by atoms with E-state index in [1.165, 1.54) is 58.4 Å². The average molecular weight is 357 g/mol. The van der Waals surface area contributed by atoms with Gasteiger partial charge in [0.05, 0.1) is 15.1 Å². The van der Waals surface area contributed by atoms with Gasteiger partial charge in [-0.3, -0.25) is 14.9 Å². The standard InChI is InChI=1S/C17H12FN3O3S/c1-20-16-13(18)3-2-4-14(16)25-17(20)19-15(22)10-7-11-5-8-12(9-6-11)21(23)24/h2-10H,1H3. The monoisotopic (exact) mass is 357 g/mol. The van der Waals surface area contributed by atoms with Gasteiger partial charge in [-0.2, -0.15) is 4.99 Å². The molecule has 0 radical (unpaired) electrons. The van der Waals surface area contributed by atoms with Crippen molar-refractivity contribution < 1.29 is 14.1 Å². The number of rotatable bonds is 3. The molecule has 0 saturated heterocycles. The molecule has 1 heterocycles. The molecular formula is C17H12FN3O3S. The number of nitro benzene ring substituents is 1. The molecule has 6 nitrogen and oxygen atoms in total. The minimum Gasteiger partial charge on any atom is -0.317 e. The number of non-ortho nitro benzene ring substituents is 1. The molecule has 0 atom stereocenters. The molecule has 2 aromatic carbocycles. The molecular weight excluding hydrogens is 345 g/mol. The van der Waals surface area contributed by atoms with Crippen LogP contribution in [0.15, 0.2) is 53.5 Å². The fourth-order valence-electron chi connectivity index (χ4n) is 2.27. The van der Waals surface area contributed by atoms with Gasteiger partial charge in [0.1, 0.15) is 5.82 Å². The number of halogens is 1. The van der Waals surface area contributed by atoms with E-state index in [-0.39, 0.29) is 11.5 Å². The molecule has 0 fully saturated rings. The number of nitro groups is 1. The number of aromatic nitrogens is 1. The summed E-state index contributed by atoms with van der Waals surface area (Å²) in [5.74, 6) is -0.868.